The Balaban J connectivity index is 1.24. The summed E-state index contributed by atoms with van der Waals surface area (Å²) in [6.45, 7) is 3.35. The second kappa shape index (κ2) is 14.1. The van der Waals surface area contributed by atoms with Gasteiger partial charge in [-0.1, -0.05) is 18.2 Å². The molecule has 0 unspecified atom stereocenters. The van der Waals surface area contributed by atoms with Crippen LogP contribution in [0.4, 0.5) is 0 Å². The molecule has 12 heteroatoms. The fraction of sp³-hybridized carbons (Fsp3) is 0.312. The summed E-state index contributed by atoms with van der Waals surface area (Å²) in [5.74, 6) is 0.0816. The number of rotatable bonds is 13. The van der Waals surface area contributed by atoms with Gasteiger partial charge in [0.1, 0.15) is 18.1 Å². The number of fused-ring (bicyclic) bond motifs is 1. The molecule has 1 saturated heterocycles. The average Bonchev–Trinajstić information content (AvgIpc) is 3.69. The minimum absolute atomic E-state index is 0.0850. The van der Waals surface area contributed by atoms with Gasteiger partial charge in [-0.2, -0.15) is 5.10 Å². The van der Waals surface area contributed by atoms with Gasteiger partial charge in [-0.3, -0.25) is 19.5 Å². The van der Waals surface area contributed by atoms with Gasteiger partial charge in [-0.05, 0) is 43.3 Å². The Kier molecular flexibility index (Phi) is 9.85. The SMILES string of the molecule is COc1ccc(OCCOCCO)c(C(=O)c2ccc(C(=O)N[C@@H]3CNC[C@H]3NC(=O)c3ccc4cn[nH]c4c3)cc2)c1C. The lowest BCUT2D eigenvalue weighted by Gasteiger charge is -2.21. The summed E-state index contributed by atoms with van der Waals surface area (Å²) < 4.78 is 16.5. The molecule has 0 spiro atoms. The van der Waals surface area contributed by atoms with Crippen LogP contribution >= 0.6 is 0 Å². The molecule has 1 aromatic heterocycles. The Morgan fingerprint density at radius 1 is 0.886 bits per heavy atom. The predicted molar refractivity (Wildman–Crippen MR) is 162 cm³/mol. The fourth-order valence-corrected chi connectivity index (χ4v) is 5.15. The highest BCUT2D eigenvalue weighted by Crippen LogP contribution is 2.32. The lowest BCUT2D eigenvalue weighted by Crippen LogP contribution is -2.51. The summed E-state index contributed by atoms with van der Waals surface area (Å²) in [4.78, 5) is 39.7. The van der Waals surface area contributed by atoms with E-state index in [1.54, 1.807) is 61.7 Å². The summed E-state index contributed by atoms with van der Waals surface area (Å²) in [5.41, 5.74) is 2.99. The molecule has 0 aliphatic carbocycles. The van der Waals surface area contributed by atoms with Gasteiger partial charge < -0.3 is 35.3 Å². The lowest BCUT2D eigenvalue weighted by molar-refractivity contribution is 0.0701. The number of amides is 2. The molecule has 4 aromatic rings. The molecule has 0 saturated carbocycles. The molecule has 44 heavy (non-hydrogen) atoms. The van der Waals surface area contributed by atoms with Crippen LogP contribution in [0.1, 0.15) is 42.2 Å². The summed E-state index contributed by atoms with van der Waals surface area (Å²) in [6.07, 6.45) is 1.69. The summed E-state index contributed by atoms with van der Waals surface area (Å²) >= 11 is 0. The standard InChI is InChI=1S/C32H35N5O7/c1-19-27(42-2)9-10-28(44-14-13-43-12-11-38)29(19)30(39)20-3-5-21(6-4-20)31(40)35-25-17-33-18-26(25)36-32(41)22-7-8-23-16-34-37-24(23)15-22/h3-10,15-16,25-26,33,38H,11-14,17-18H2,1-2H3,(H,34,37)(H,35,40)(H,36,41)/t25-,26-/m1/s1. The molecule has 12 nitrogen and oxygen atoms in total. The van der Waals surface area contributed by atoms with Crippen molar-refractivity contribution in [2.45, 2.75) is 19.0 Å². The number of carbonyl (C=O) groups excluding carboxylic acids is 3. The summed E-state index contributed by atoms with van der Waals surface area (Å²) in [6, 6.07) is 14.5. The van der Waals surface area contributed by atoms with Gasteiger partial charge in [-0.25, -0.2) is 0 Å². The number of aromatic nitrogens is 2. The number of ketones is 1. The summed E-state index contributed by atoms with van der Waals surface area (Å²) in [5, 5.41) is 25.9. The topological polar surface area (TPSA) is 164 Å². The van der Waals surface area contributed by atoms with Crippen molar-refractivity contribution in [2.75, 3.05) is 46.6 Å². The van der Waals surface area contributed by atoms with E-state index in [4.69, 9.17) is 19.3 Å². The van der Waals surface area contributed by atoms with E-state index in [1.807, 2.05) is 6.07 Å². The fourth-order valence-electron chi connectivity index (χ4n) is 5.15. The highest BCUT2D eigenvalue weighted by Gasteiger charge is 2.30. The van der Waals surface area contributed by atoms with Crippen LogP contribution in [0.15, 0.2) is 60.8 Å². The highest BCUT2D eigenvalue weighted by atomic mass is 16.5. The first kappa shape index (κ1) is 30.7. The smallest absolute Gasteiger partial charge is 0.251 e. The Morgan fingerprint density at radius 3 is 2.25 bits per heavy atom. The van der Waals surface area contributed by atoms with Crippen LogP contribution in [-0.4, -0.2) is 91.6 Å². The first-order valence-electron chi connectivity index (χ1n) is 14.3. The minimum Gasteiger partial charge on any atom is -0.496 e. The number of H-pyrrole nitrogens is 1. The van der Waals surface area contributed by atoms with Gasteiger partial charge in [0.15, 0.2) is 5.78 Å². The lowest BCUT2D eigenvalue weighted by atomic mass is 9.96. The zero-order valence-electron chi connectivity index (χ0n) is 24.5. The van der Waals surface area contributed by atoms with Crippen LogP contribution in [-0.2, 0) is 4.74 Å². The molecule has 0 radical (unpaired) electrons. The zero-order chi connectivity index (χ0) is 31.1. The number of ether oxygens (including phenoxy) is 3. The Hall–Kier alpha value is -4.78. The van der Waals surface area contributed by atoms with Crippen molar-refractivity contribution in [2.24, 2.45) is 0 Å². The molecule has 1 aliphatic heterocycles. The minimum atomic E-state index is -0.329. The van der Waals surface area contributed by atoms with Crippen LogP contribution in [0.3, 0.4) is 0 Å². The van der Waals surface area contributed by atoms with Crippen molar-refractivity contribution in [1.82, 2.24) is 26.1 Å². The van der Waals surface area contributed by atoms with E-state index in [9.17, 15) is 14.4 Å². The van der Waals surface area contributed by atoms with Gasteiger partial charge in [0.25, 0.3) is 11.8 Å². The van der Waals surface area contributed by atoms with Crippen molar-refractivity contribution < 1.29 is 33.7 Å². The van der Waals surface area contributed by atoms with Gasteiger partial charge in [0, 0.05) is 40.7 Å². The molecule has 0 bridgehead atoms. The first-order valence-corrected chi connectivity index (χ1v) is 14.3. The molecule has 2 heterocycles. The van der Waals surface area contributed by atoms with E-state index in [0.29, 0.717) is 52.4 Å². The molecule has 5 N–H and O–H groups in total. The normalized spacial score (nSPS) is 16.1. The van der Waals surface area contributed by atoms with Gasteiger partial charge in [0.05, 0.1) is 56.3 Å². The number of hydrogen-bond donors (Lipinski definition) is 5. The Labute approximate surface area is 254 Å². The van der Waals surface area contributed by atoms with Gasteiger partial charge in [-0.15, -0.1) is 0 Å². The third-order valence-corrected chi connectivity index (χ3v) is 7.51. The number of nitrogens with zero attached hydrogens (tertiary/aromatic N) is 1. The van der Waals surface area contributed by atoms with Crippen molar-refractivity contribution in [3.63, 3.8) is 0 Å². The van der Waals surface area contributed by atoms with E-state index < -0.39 is 0 Å². The second-order valence-corrected chi connectivity index (χ2v) is 10.3. The van der Waals surface area contributed by atoms with Crippen LogP contribution in [0, 0.1) is 6.92 Å². The van der Waals surface area contributed by atoms with Crippen molar-refractivity contribution >= 4 is 28.5 Å². The maximum Gasteiger partial charge on any atom is 0.251 e. The number of benzene rings is 3. The molecule has 1 aliphatic rings. The number of hydrogen-bond acceptors (Lipinski definition) is 9. The predicted octanol–water partition coefficient (Wildman–Crippen LogP) is 2.00. The number of aromatic amines is 1. The molecule has 2 amide bonds. The number of methoxy groups -OCH3 is 1. The van der Waals surface area contributed by atoms with Crippen LogP contribution in [0.25, 0.3) is 10.9 Å². The van der Waals surface area contributed by atoms with Gasteiger partial charge in [0.2, 0.25) is 0 Å². The maximum absolute atomic E-state index is 13.6. The largest absolute Gasteiger partial charge is 0.496 e. The average molecular weight is 602 g/mol. The number of aliphatic hydroxyl groups excluding tert-OH is 1. The Morgan fingerprint density at radius 2 is 1.55 bits per heavy atom. The maximum atomic E-state index is 13.6. The molecule has 230 valence electrons. The van der Waals surface area contributed by atoms with Crippen molar-refractivity contribution in [1.29, 1.82) is 0 Å². The third-order valence-electron chi connectivity index (χ3n) is 7.51. The van der Waals surface area contributed by atoms with E-state index in [2.05, 4.69) is 26.1 Å². The summed E-state index contributed by atoms with van der Waals surface area (Å²) in [7, 11) is 1.53. The zero-order valence-corrected chi connectivity index (χ0v) is 24.5. The number of aliphatic hydroxyl groups is 1. The third kappa shape index (κ3) is 6.88. The van der Waals surface area contributed by atoms with E-state index in [1.165, 1.54) is 7.11 Å². The number of nitrogens with one attached hydrogen (secondary N) is 4. The van der Waals surface area contributed by atoms with Crippen LogP contribution in [0.5, 0.6) is 11.5 Å². The molecule has 3 aromatic carbocycles. The van der Waals surface area contributed by atoms with Gasteiger partial charge >= 0.3 is 0 Å². The molecule has 5 rings (SSSR count). The van der Waals surface area contributed by atoms with Crippen LogP contribution in [0.2, 0.25) is 0 Å². The van der Waals surface area contributed by atoms with Crippen molar-refractivity contribution in [3.8, 4) is 11.5 Å². The van der Waals surface area contributed by atoms with E-state index in [0.717, 1.165) is 10.9 Å². The first-order chi connectivity index (χ1) is 21.4. The molecule has 2 atom stereocenters. The van der Waals surface area contributed by atoms with Crippen molar-refractivity contribution in [3.05, 3.63) is 88.6 Å². The second-order valence-electron chi connectivity index (χ2n) is 10.3. The van der Waals surface area contributed by atoms with E-state index >= 15 is 0 Å². The molecular formula is C32H35N5O7. The molecular weight excluding hydrogens is 566 g/mol. The monoisotopic (exact) mass is 601 g/mol. The number of carbonyl (C=O) groups is 3. The van der Waals surface area contributed by atoms with E-state index in [-0.39, 0.29) is 56.1 Å². The quantitative estimate of drug-likeness (QED) is 0.114. The Bertz CT molecular complexity index is 1640. The molecule has 1 fully saturated rings. The van der Waals surface area contributed by atoms with Crippen LogP contribution < -0.4 is 25.4 Å². The highest BCUT2D eigenvalue weighted by molar-refractivity contribution is 6.12.